The predicted octanol–water partition coefficient (Wildman–Crippen LogP) is 4.97. The molecule has 4 aromatic rings. The van der Waals surface area contributed by atoms with Crippen molar-refractivity contribution in [2.75, 3.05) is 6.54 Å². The first-order valence-electron chi connectivity index (χ1n) is 10.3. The molecule has 1 amide bonds. The largest absolute Gasteiger partial charge is 0.328 e. The van der Waals surface area contributed by atoms with Crippen molar-refractivity contribution >= 4 is 28.6 Å². The van der Waals surface area contributed by atoms with E-state index in [1.54, 1.807) is 22.1 Å². The molecule has 5 rings (SSSR count). The van der Waals surface area contributed by atoms with Gasteiger partial charge in [-0.25, -0.2) is 4.39 Å². The number of aryl methyl sites for hydroxylation is 2. The lowest BCUT2D eigenvalue weighted by Gasteiger charge is -2.43. The van der Waals surface area contributed by atoms with Gasteiger partial charge in [-0.1, -0.05) is 11.3 Å². The Labute approximate surface area is 193 Å². The van der Waals surface area contributed by atoms with Crippen molar-refractivity contribution in [3.8, 4) is 10.6 Å². The number of carbonyl (C=O) groups excluding carboxylic acids is 1. The van der Waals surface area contributed by atoms with Crippen molar-refractivity contribution in [2.45, 2.75) is 32.2 Å². The van der Waals surface area contributed by atoms with Crippen LogP contribution >= 0.6 is 22.7 Å². The maximum absolute atomic E-state index is 13.6. The monoisotopic (exact) mass is 467 g/mol. The van der Waals surface area contributed by atoms with Gasteiger partial charge in [-0.2, -0.15) is 5.10 Å². The number of thiophene rings is 1. The van der Waals surface area contributed by atoms with Crippen LogP contribution in [0.2, 0.25) is 0 Å². The molecule has 9 heteroatoms. The van der Waals surface area contributed by atoms with Crippen LogP contribution in [0.25, 0.3) is 10.6 Å². The smallest absolute Gasteiger partial charge is 0.285 e. The van der Waals surface area contributed by atoms with Crippen LogP contribution < -0.4 is 0 Å². The van der Waals surface area contributed by atoms with Gasteiger partial charge in [0.1, 0.15) is 10.8 Å². The van der Waals surface area contributed by atoms with Gasteiger partial charge in [-0.05, 0) is 61.5 Å². The third-order valence-electron chi connectivity index (χ3n) is 6.23. The highest BCUT2D eigenvalue weighted by Gasteiger charge is 2.44. The fourth-order valence-electron chi connectivity index (χ4n) is 4.40. The number of benzene rings is 1. The van der Waals surface area contributed by atoms with E-state index < -0.39 is 0 Å². The maximum atomic E-state index is 13.6. The van der Waals surface area contributed by atoms with E-state index >= 15 is 0 Å². The summed E-state index contributed by atoms with van der Waals surface area (Å²) in [5.74, 6) is -0.441. The fourth-order valence-corrected chi connectivity index (χ4v) is 6.46. The molecule has 3 aromatic heterocycles. The van der Waals surface area contributed by atoms with Gasteiger partial charge in [0.25, 0.3) is 5.91 Å². The van der Waals surface area contributed by atoms with Gasteiger partial charge in [0, 0.05) is 41.2 Å². The van der Waals surface area contributed by atoms with Gasteiger partial charge < -0.3 is 4.90 Å². The van der Waals surface area contributed by atoms with Crippen molar-refractivity contribution in [1.82, 2.24) is 24.9 Å². The molecule has 1 aromatic carbocycles. The van der Waals surface area contributed by atoms with E-state index in [0.29, 0.717) is 16.6 Å². The Bertz CT molecular complexity index is 1330. The van der Waals surface area contributed by atoms with Crippen LogP contribution in [-0.4, -0.2) is 37.3 Å². The van der Waals surface area contributed by atoms with Crippen LogP contribution in [-0.2, 0) is 12.5 Å². The lowest BCUT2D eigenvalue weighted by molar-refractivity contribution is 0.0629. The number of amides is 1. The molecule has 0 spiro atoms. The minimum absolute atomic E-state index is 0.0756. The Morgan fingerprint density at radius 3 is 2.81 bits per heavy atom. The Kier molecular flexibility index (Phi) is 4.98. The highest BCUT2D eigenvalue weighted by atomic mass is 32.1. The Morgan fingerprint density at radius 1 is 1.28 bits per heavy atom. The number of hydrogen-bond acceptors (Lipinski definition) is 6. The Balaban J connectivity index is 1.51. The summed E-state index contributed by atoms with van der Waals surface area (Å²) in [6, 6.07) is 6.57. The van der Waals surface area contributed by atoms with E-state index in [-0.39, 0.29) is 23.2 Å². The lowest BCUT2D eigenvalue weighted by Crippen LogP contribution is -2.48. The number of rotatable bonds is 3. The normalized spacial score (nSPS) is 20.4. The van der Waals surface area contributed by atoms with E-state index in [1.165, 1.54) is 28.3 Å². The predicted molar refractivity (Wildman–Crippen MR) is 123 cm³/mol. The maximum Gasteiger partial charge on any atom is 0.285 e. The highest BCUT2D eigenvalue weighted by molar-refractivity contribution is 7.16. The molecule has 6 nitrogen and oxygen atoms in total. The van der Waals surface area contributed by atoms with Gasteiger partial charge >= 0.3 is 0 Å². The molecule has 4 heterocycles. The molecule has 0 saturated heterocycles. The van der Waals surface area contributed by atoms with E-state index in [1.807, 2.05) is 31.3 Å². The number of hydrogen-bond donors (Lipinski definition) is 0. The SMILES string of the molecule is Cc1cc(F)ccc1-c1nnc(C(=O)N2C[C@](C)(c3cnn(C)c3)c3sccc3[C@H]2C)s1. The zero-order chi connectivity index (χ0) is 22.6. The van der Waals surface area contributed by atoms with Crippen LogP contribution in [0.3, 0.4) is 0 Å². The molecule has 1 aliphatic rings. The van der Waals surface area contributed by atoms with Gasteiger partial charge in [-0.3, -0.25) is 9.48 Å². The summed E-state index contributed by atoms with van der Waals surface area (Å²) in [5, 5.41) is 15.8. The van der Waals surface area contributed by atoms with Crippen LogP contribution in [0.5, 0.6) is 0 Å². The summed E-state index contributed by atoms with van der Waals surface area (Å²) in [6.07, 6.45) is 3.89. The molecule has 2 atom stereocenters. The standard InChI is InChI=1S/C23H22FN5OS2/c1-13-9-16(24)5-6-17(13)20-26-27-21(32-20)22(30)29-12-23(3,15-10-25-28(4)11-15)19-18(14(29)2)7-8-31-19/h5-11,14H,12H2,1-4H3/t14-,23-/m1/s1. The van der Waals surface area contributed by atoms with Crippen molar-refractivity contribution in [2.24, 2.45) is 7.05 Å². The average Bonchev–Trinajstić information content (AvgIpc) is 3.51. The van der Waals surface area contributed by atoms with Gasteiger partial charge in [0.15, 0.2) is 0 Å². The van der Waals surface area contributed by atoms with Crippen molar-refractivity contribution in [1.29, 1.82) is 0 Å². The van der Waals surface area contributed by atoms with Crippen LogP contribution in [0.1, 0.15) is 51.3 Å². The van der Waals surface area contributed by atoms with E-state index in [2.05, 4.69) is 40.6 Å². The van der Waals surface area contributed by atoms with Crippen LogP contribution in [0, 0.1) is 12.7 Å². The first-order chi connectivity index (χ1) is 15.3. The first kappa shape index (κ1) is 21.0. The summed E-state index contributed by atoms with van der Waals surface area (Å²) in [7, 11) is 1.90. The van der Waals surface area contributed by atoms with Crippen LogP contribution in [0.15, 0.2) is 42.0 Å². The molecule has 32 heavy (non-hydrogen) atoms. The number of fused-ring (bicyclic) bond motifs is 1. The summed E-state index contributed by atoms with van der Waals surface area (Å²) >= 11 is 2.97. The molecule has 1 aliphatic heterocycles. The molecule has 164 valence electrons. The molecule has 0 N–H and O–H groups in total. The molecule has 0 bridgehead atoms. The van der Waals surface area contributed by atoms with Crippen molar-refractivity contribution in [3.63, 3.8) is 0 Å². The summed E-state index contributed by atoms with van der Waals surface area (Å²) in [6.45, 7) is 6.57. The highest BCUT2D eigenvalue weighted by Crippen LogP contribution is 2.46. The van der Waals surface area contributed by atoms with Gasteiger partial charge in [0.05, 0.1) is 12.2 Å². The quantitative estimate of drug-likeness (QED) is 0.427. The van der Waals surface area contributed by atoms with Crippen molar-refractivity contribution < 1.29 is 9.18 Å². The Morgan fingerprint density at radius 2 is 2.09 bits per heavy atom. The van der Waals surface area contributed by atoms with E-state index in [4.69, 9.17) is 0 Å². The Hall–Kier alpha value is -2.91. The third-order valence-corrected chi connectivity index (χ3v) is 8.37. The molecule has 0 aliphatic carbocycles. The number of carbonyl (C=O) groups is 1. The summed E-state index contributed by atoms with van der Waals surface area (Å²) in [4.78, 5) is 16.8. The second-order valence-corrected chi connectivity index (χ2v) is 10.3. The van der Waals surface area contributed by atoms with Gasteiger partial charge in [-0.15, -0.1) is 21.5 Å². The number of aromatic nitrogens is 4. The van der Waals surface area contributed by atoms with E-state index in [9.17, 15) is 9.18 Å². The third kappa shape index (κ3) is 3.27. The second kappa shape index (κ2) is 7.60. The summed E-state index contributed by atoms with van der Waals surface area (Å²) < 4.78 is 15.3. The van der Waals surface area contributed by atoms with E-state index in [0.717, 1.165) is 22.3 Å². The second-order valence-electron chi connectivity index (χ2n) is 8.42. The average molecular weight is 468 g/mol. The minimum atomic E-state index is -0.360. The molecular formula is C23H22FN5OS2. The first-order valence-corrected chi connectivity index (χ1v) is 12.0. The minimum Gasteiger partial charge on any atom is -0.328 e. The molecular weight excluding hydrogens is 445 g/mol. The van der Waals surface area contributed by atoms with Gasteiger partial charge in [0.2, 0.25) is 5.01 Å². The lowest BCUT2D eigenvalue weighted by atomic mass is 9.76. The zero-order valence-corrected chi connectivity index (χ0v) is 19.8. The summed E-state index contributed by atoms with van der Waals surface area (Å²) in [5.41, 5.74) is 3.42. The van der Waals surface area contributed by atoms with Crippen LogP contribution in [0.4, 0.5) is 4.39 Å². The molecule has 0 fully saturated rings. The van der Waals surface area contributed by atoms with Crippen molar-refractivity contribution in [3.05, 3.63) is 74.4 Å². The number of halogens is 1. The zero-order valence-electron chi connectivity index (χ0n) is 18.2. The topological polar surface area (TPSA) is 63.9 Å². The fraction of sp³-hybridized carbons (Fsp3) is 0.304. The molecule has 0 unspecified atom stereocenters. The molecule has 0 saturated carbocycles. The number of nitrogens with zero attached hydrogens (tertiary/aromatic N) is 5. The molecule has 0 radical (unpaired) electrons.